The maximum atomic E-state index is 9.17. The molecule has 1 aromatic rings. The van der Waals surface area contributed by atoms with Crippen molar-refractivity contribution in [3.05, 3.63) is 29.3 Å². The fourth-order valence-corrected chi connectivity index (χ4v) is 2.61. The number of nitriles is 2. The van der Waals surface area contributed by atoms with Crippen LogP contribution >= 0.6 is 0 Å². The number of hydrogen-bond acceptors (Lipinski definition) is 3. The molecule has 22 heavy (non-hydrogen) atoms. The maximum absolute atomic E-state index is 9.17. The van der Waals surface area contributed by atoms with Gasteiger partial charge < -0.3 is 4.74 Å². The van der Waals surface area contributed by atoms with Gasteiger partial charge in [0.25, 0.3) is 0 Å². The first-order valence-corrected chi connectivity index (χ1v) is 8.32. The number of unbranched alkanes of at least 4 members (excludes halogenated alkanes) is 3. The third-order valence-corrected chi connectivity index (χ3v) is 4.09. The van der Waals surface area contributed by atoms with Crippen LogP contribution in [0.2, 0.25) is 0 Å². The van der Waals surface area contributed by atoms with Gasteiger partial charge in [-0.05, 0) is 24.5 Å². The predicted molar refractivity (Wildman–Crippen MR) is 88.5 cm³/mol. The Balaban J connectivity index is 2.46. The fourth-order valence-electron chi connectivity index (χ4n) is 2.61. The summed E-state index contributed by atoms with van der Waals surface area (Å²) in [5.74, 6) is 1.21. The number of benzene rings is 1. The molecule has 0 N–H and O–H groups in total. The van der Waals surface area contributed by atoms with Crippen LogP contribution < -0.4 is 4.74 Å². The van der Waals surface area contributed by atoms with Crippen LogP contribution in [0.1, 0.15) is 69.9 Å². The summed E-state index contributed by atoms with van der Waals surface area (Å²) in [5, 5.41) is 18.2. The highest BCUT2D eigenvalue weighted by Crippen LogP contribution is 2.23. The van der Waals surface area contributed by atoms with Gasteiger partial charge in [0.2, 0.25) is 0 Å². The third-order valence-electron chi connectivity index (χ3n) is 4.09. The second-order valence-corrected chi connectivity index (χ2v) is 5.66. The van der Waals surface area contributed by atoms with Crippen molar-refractivity contribution >= 4 is 0 Å². The lowest BCUT2D eigenvalue weighted by Gasteiger charge is -2.15. The second-order valence-electron chi connectivity index (χ2n) is 5.66. The van der Waals surface area contributed by atoms with Crippen LogP contribution in [-0.2, 0) is 0 Å². The second kappa shape index (κ2) is 10.7. The summed E-state index contributed by atoms with van der Waals surface area (Å²) in [4.78, 5) is 0. The van der Waals surface area contributed by atoms with Crippen molar-refractivity contribution < 1.29 is 4.74 Å². The van der Waals surface area contributed by atoms with Crippen molar-refractivity contribution in [2.75, 3.05) is 6.61 Å². The summed E-state index contributed by atoms with van der Waals surface area (Å²) in [6.07, 6.45) is 8.62. The lowest BCUT2D eigenvalue weighted by molar-refractivity contribution is 0.265. The highest BCUT2D eigenvalue weighted by Gasteiger charge is 2.10. The highest BCUT2D eigenvalue weighted by molar-refractivity contribution is 5.53. The molecule has 0 bridgehead atoms. The summed E-state index contributed by atoms with van der Waals surface area (Å²) >= 11 is 0. The van der Waals surface area contributed by atoms with Crippen molar-refractivity contribution in [3.8, 4) is 17.9 Å². The molecule has 3 heteroatoms. The van der Waals surface area contributed by atoms with Crippen molar-refractivity contribution in [2.45, 2.75) is 58.8 Å². The van der Waals surface area contributed by atoms with E-state index >= 15 is 0 Å². The zero-order chi connectivity index (χ0) is 16.2. The summed E-state index contributed by atoms with van der Waals surface area (Å²) in [6, 6.07) is 9.28. The van der Waals surface area contributed by atoms with Gasteiger partial charge in [0.1, 0.15) is 23.5 Å². The van der Waals surface area contributed by atoms with E-state index in [4.69, 9.17) is 10.00 Å². The van der Waals surface area contributed by atoms with E-state index in [9.17, 15) is 5.26 Å². The molecule has 1 atom stereocenters. The molecule has 1 aromatic carbocycles. The lowest BCUT2D eigenvalue weighted by atomic mass is 9.95. The van der Waals surface area contributed by atoms with Crippen LogP contribution in [0, 0.1) is 28.6 Å². The first-order chi connectivity index (χ1) is 10.8. The molecule has 0 spiro atoms. The molecule has 0 aromatic heterocycles. The third kappa shape index (κ3) is 5.78. The Labute approximate surface area is 134 Å². The minimum Gasteiger partial charge on any atom is -0.492 e. The summed E-state index contributed by atoms with van der Waals surface area (Å²) < 4.78 is 5.76. The van der Waals surface area contributed by atoms with Crippen LogP contribution in [0.5, 0.6) is 5.75 Å². The molecular weight excluding hydrogens is 272 g/mol. The normalized spacial score (nSPS) is 11.5. The van der Waals surface area contributed by atoms with Crippen molar-refractivity contribution in [2.24, 2.45) is 5.92 Å². The van der Waals surface area contributed by atoms with Crippen molar-refractivity contribution in [1.82, 2.24) is 0 Å². The molecule has 3 nitrogen and oxygen atoms in total. The molecule has 0 saturated heterocycles. The van der Waals surface area contributed by atoms with E-state index in [1.165, 1.54) is 38.5 Å². The molecule has 0 radical (unpaired) electrons. The Morgan fingerprint density at radius 2 is 1.86 bits per heavy atom. The van der Waals surface area contributed by atoms with Crippen molar-refractivity contribution in [3.63, 3.8) is 0 Å². The van der Waals surface area contributed by atoms with Crippen LogP contribution in [0.3, 0.4) is 0 Å². The van der Waals surface area contributed by atoms with Crippen LogP contribution in [0.25, 0.3) is 0 Å². The molecular formula is C19H26N2O. The number of rotatable bonds is 10. The van der Waals surface area contributed by atoms with Gasteiger partial charge in [-0.15, -0.1) is 0 Å². The lowest BCUT2D eigenvalue weighted by Crippen LogP contribution is -2.07. The van der Waals surface area contributed by atoms with E-state index in [0.29, 0.717) is 29.4 Å². The number of nitrogens with zero attached hydrogens (tertiary/aromatic N) is 2. The Kier molecular flexibility index (Phi) is 8.77. The van der Waals surface area contributed by atoms with E-state index in [1.54, 1.807) is 18.2 Å². The number of ether oxygens (including phenoxy) is 1. The van der Waals surface area contributed by atoms with Crippen LogP contribution in [0.4, 0.5) is 0 Å². The van der Waals surface area contributed by atoms with Gasteiger partial charge in [0.05, 0.1) is 12.2 Å². The standard InChI is InChI=1S/C19H26N2O/c1-3-5-6-7-9-16(4-2)12-13-22-19-11-8-10-17(14-20)18(19)15-21/h8,10-11,16H,3-7,9,12-13H2,1-2H3. The first kappa shape index (κ1) is 18.1. The molecule has 0 aliphatic rings. The van der Waals surface area contributed by atoms with E-state index in [1.807, 2.05) is 6.07 Å². The Hall–Kier alpha value is -2.00. The largest absolute Gasteiger partial charge is 0.492 e. The maximum Gasteiger partial charge on any atom is 0.138 e. The first-order valence-electron chi connectivity index (χ1n) is 8.32. The van der Waals surface area contributed by atoms with Gasteiger partial charge in [-0.2, -0.15) is 10.5 Å². The fraction of sp³-hybridized carbons (Fsp3) is 0.579. The molecule has 0 saturated carbocycles. The minimum absolute atomic E-state index is 0.348. The predicted octanol–water partition coefficient (Wildman–Crippen LogP) is 5.20. The Bertz CT molecular complexity index is 525. The Morgan fingerprint density at radius 1 is 1.05 bits per heavy atom. The van der Waals surface area contributed by atoms with Gasteiger partial charge in [0, 0.05) is 0 Å². The quantitative estimate of drug-likeness (QED) is 0.558. The topological polar surface area (TPSA) is 56.8 Å². The van der Waals surface area contributed by atoms with E-state index in [2.05, 4.69) is 19.9 Å². The molecule has 118 valence electrons. The van der Waals surface area contributed by atoms with Gasteiger partial charge in [-0.1, -0.05) is 58.4 Å². The summed E-state index contributed by atoms with van der Waals surface area (Å²) in [5.41, 5.74) is 0.729. The van der Waals surface area contributed by atoms with E-state index in [-0.39, 0.29) is 0 Å². The summed E-state index contributed by atoms with van der Waals surface area (Å²) in [7, 11) is 0. The molecule has 0 fully saturated rings. The average molecular weight is 298 g/mol. The Morgan fingerprint density at radius 3 is 2.50 bits per heavy atom. The molecule has 1 unspecified atom stereocenters. The average Bonchev–Trinajstić information content (AvgIpc) is 2.56. The SMILES string of the molecule is CCCCCCC(CC)CCOc1cccc(C#N)c1C#N. The molecule has 0 heterocycles. The molecule has 0 aliphatic heterocycles. The van der Waals surface area contributed by atoms with Gasteiger partial charge >= 0.3 is 0 Å². The van der Waals surface area contributed by atoms with E-state index < -0.39 is 0 Å². The zero-order valence-corrected chi connectivity index (χ0v) is 13.8. The van der Waals surface area contributed by atoms with Crippen molar-refractivity contribution in [1.29, 1.82) is 10.5 Å². The van der Waals surface area contributed by atoms with Crippen LogP contribution in [-0.4, -0.2) is 6.61 Å². The van der Waals surface area contributed by atoms with E-state index in [0.717, 1.165) is 6.42 Å². The molecule has 0 amide bonds. The molecule has 0 aliphatic carbocycles. The van der Waals surface area contributed by atoms with Crippen LogP contribution in [0.15, 0.2) is 18.2 Å². The minimum atomic E-state index is 0.348. The van der Waals surface area contributed by atoms with Gasteiger partial charge in [-0.25, -0.2) is 0 Å². The van der Waals surface area contributed by atoms with Gasteiger partial charge in [0.15, 0.2) is 0 Å². The smallest absolute Gasteiger partial charge is 0.138 e. The number of hydrogen-bond donors (Lipinski definition) is 0. The molecule has 1 rings (SSSR count). The monoisotopic (exact) mass is 298 g/mol. The highest BCUT2D eigenvalue weighted by atomic mass is 16.5. The summed E-state index contributed by atoms with van der Waals surface area (Å²) in [6.45, 7) is 5.06. The zero-order valence-electron chi connectivity index (χ0n) is 13.8. The van der Waals surface area contributed by atoms with Gasteiger partial charge in [-0.3, -0.25) is 0 Å².